The van der Waals surface area contributed by atoms with Crippen LogP contribution in [0, 0.1) is 6.92 Å². The lowest BCUT2D eigenvalue weighted by Crippen LogP contribution is -1.95. The van der Waals surface area contributed by atoms with Crippen LogP contribution in [0.2, 0.25) is 0 Å². The standard InChI is InChI=1S/C8H7F2NO/c1-5-7(8(9)10)2-6(4-12)3-11-5/h2-4,8H,1H3. The highest BCUT2D eigenvalue weighted by Crippen LogP contribution is 2.21. The van der Waals surface area contributed by atoms with Gasteiger partial charge in [0.15, 0.2) is 6.29 Å². The van der Waals surface area contributed by atoms with Crippen LogP contribution in [-0.2, 0) is 0 Å². The van der Waals surface area contributed by atoms with E-state index in [-0.39, 0.29) is 16.8 Å². The summed E-state index contributed by atoms with van der Waals surface area (Å²) in [7, 11) is 0. The number of carbonyl (C=O) groups is 1. The topological polar surface area (TPSA) is 30.0 Å². The molecule has 0 fully saturated rings. The Bertz CT molecular complexity index is 299. The molecule has 0 bridgehead atoms. The zero-order valence-corrected chi connectivity index (χ0v) is 6.42. The third-order valence-corrected chi connectivity index (χ3v) is 1.52. The Kier molecular flexibility index (Phi) is 2.47. The number of nitrogens with zero attached hydrogens (tertiary/aromatic N) is 1. The SMILES string of the molecule is Cc1ncc(C=O)cc1C(F)F. The number of pyridine rings is 1. The molecule has 1 heterocycles. The number of alkyl halides is 2. The second kappa shape index (κ2) is 3.38. The second-order valence-corrected chi connectivity index (χ2v) is 2.36. The number of hydrogen-bond acceptors (Lipinski definition) is 2. The Morgan fingerprint density at radius 3 is 2.75 bits per heavy atom. The van der Waals surface area contributed by atoms with E-state index in [1.54, 1.807) is 0 Å². The summed E-state index contributed by atoms with van der Waals surface area (Å²) in [5.74, 6) is 0. The smallest absolute Gasteiger partial charge is 0.265 e. The maximum atomic E-state index is 12.2. The van der Waals surface area contributed by atoms with E-state index in [9.17, 15) is 13.6 Å². The lowest BCUT2D eigenvalue weighted by atomic mass is 10.1. The highest BCUT2D eigenvalue weighted by atomic mass is 19.3. The van der Waals surface area contributed by atoms with Gasteiger partial charge in [-0.15, -0.1) is 0 Å². The van der Waals surface area contributed by atoms with Gasteiger partial charge in [-0.1, -0.05) is 0 Å². The molecule has 0 radical (unpaired) electrons. The summed E-state index contributed by atoms with van der Waals surface area (Å²) in [6, 6.07) is 1.15. The summed E-state index contributed by atoms with van der Waals surface area (Å²) in [4.78, 5) is 13.9. The van der Waals surface area contributed by atoms with Gasteiger partial charge in [-0.25, -0.2) is 8.78 Å². The van der Waals surface area contributed by atoms with E-state index in [2.05, 4.69) is 4.98 Å². The van der Waals surface area contributed by atoms with Gasteiger partial charge in [0.1, 0.15) is 0 Å². The molecule has 0 atom stereocenters. The first-order valence-electron chi connectivity index (χ1n) is 3.35. The Labute approximate surface area is 68.2 Å². The molecule has 0 saturated carbocycles. The summed E-state index contributed by atoms with van der Waals surface area (Å²) in [5.41, 5.74) is 0.256. The predicted octanol–water partition coefficient (Wildman–Crippen LogP) is 2.14. The molecule has 1 aromatic rings. The quantitative estimate of drug-likeness (QED) is 0.638. The van der Waals surface area contributed by atoms with Crippen LogP contribution in [0.15, 0.2) is 12.3 Å². The van der Waals surface area contributed by atoms with Gasteiger partial charge in [0.25, 0.3) is 6.43 Å². The van der Waals surface area contributed by atoms with E-state index < -0.39 is 6.43 Å². The van der Waals surface area contributed by atoms with Crippen molar-refractivity contribution < 1.29 is 13.6 Å². The summed E-state index contributed by atoms with van der Waals surface area (Å²) >= 11 is 0. The first kappa shape index (κ1) is 8.77. The molecule has 0 aromatic carbocycles. The average Bonchev–Trinajstić information content (AvgIpc) is 2.05. The van der Waals surface area contributed by atoms with Crippen molar-refractivity contribution >= 4 is 6.29 Å². The lowest BCUT2D eigenvalue weighted by molar-refractivity contribution is 0.112. The zero-order valence-electron chi connectivity index (χ0n) is 6.42. The molecular formula is C8H7F2NO. The fourth-order valence-electron chi connectivity index (χ4n) is 0.853. The first-order valence-corrected chi connectivity index (χ1v) is 3.35. The maximum absolute atomic E-state index is 12.2. The van der Waals surface area contributed by atoms with Gasteiger partial charge in [-0.3, -0.25) is 9.78 Å². The predicted molar refractivity (Wildman–Crippen MR) is 39.3 cm³/mol. The molecule has 12 heavy (non-hydrogen) atoms. The van der Waals surface area contributed by atoms with E-state index in [0.29, 0.717) is 6.29 Å². The van der Waals surface area contributed by atoms with Gasteiger partial charge in [-0.2, -0.15) is 0 Å². The molecule has 0 spiro atoms. The van der Waals surface area contributed by atoms with Crippen molar-refractivity contribution in [1.82, 2.24) is 4.98 Å². The first-order chi connectivity index (χ1) is 5.65. The number of aryl methyl sites for hydroxylation is 1. The Balaban J connectivity index is 3.16. The normalized spacial score (nSPS) is 10.3. The van der Waals surface area contributed by atoms with E-state index >= 15 is 0 Å². The van der Waals surface area contributed by atoms with Crippen LogP contribution >= 0.6 is 0 Å². The number of hydrogen-bond donors (Lipinski definition) is 0. The number of aromatic nitrogens is 1. The van der Waals surface area contributed by atoms with E-state index in [0.717, 1.165) is 6.07 Å². The van der Waals surface area contributed by atoms with Crippen molar-refractivity contribution in [3.63, 3.8) is 0 Å². The van der Waals surface area contributed by atoms with Gasteiger partial charge in [-0.05, 0) is 13.0 Å². The minimum atomic E-state index is -2.57. The Hall–Kier alpha value is -1.32. The highest BCUT2D eigenvalue weighted by molar-refractivity contribution is 5.74. The summed E-state index contributed by atoms with van der Waals surface area (Å²) in [6.07, 6.45) is -0.801. The Morgan fingerprint density at radius 2 is 2.25 bits per heavy atom. The molecular weight excluding hydrogens is 164 g/mol. The zero-order chi connectivity index (χ0) is 9.14. The fraction of sp³-hybridized carbons (Fsp3) is 0.250. The molecule has 0 aliphatic carbocycles. The third-order valence-electron chi connectivity index (χ3n) is 1.52. The van der Waals surface area contributed by atoms with E-state index in [1.807, 2.05) is 0 Å². The van der Waals surface area contributed by atoms with Gasteiger partial charge >= 0.3 is 0 Å². The molecule has 4 heteroatoms. The average molecular weight is 171 g/mol. The summed E-state index contributed by atoms with van der Waals surface area (Å²) in [6.45, 7) is 1.48. The van der Waals surface area contributed by atoms with E-state index in [4.69, 9.17) is 0 Å². The van der Waals surface area contributed by atoms with Crippen LogP contribution in [0.1, 0.15) is 28.0 Å². The highest BCUT2D eigenvalue weighted by Gasteiger charge is 2.11. The molecule has 0 N–H and O–H groups in total. The van der Waals surface area contributed by atoms with E-state index in [1.165, 1.54) is 13.1 Å². The van der Waals surface area contributed by atoms with Crippen molar-refractivity contribution in [3.05, 3.63) is 29.1 Å². The largest absolute Gasteiger partial charge is 0.298 e. The second-order valence-electron chi connectivity index (χ2n) is 2.36. The minimum absolute atomic E-state index is 0.177. The molecule has 0 amide bonds. The van der Waals surface area contributed by atoms with Crippen molar-refractivity contribution in [2.24, 2.45) is 0 Å². The number of aldehydes is 1. The van der Waals surface area contributed by atoms with Gasteiger partial charge in [0.05, 0.1) is 0 Å². The van der Waals surface area contributed by atoms with Crippen LogP contribution in [0.3, 0.4) is 0 Å². The fourth-order valence-corrected chi connectivity index (χ4v) is 0.853. The summed E-state index contributed by atoms with van der Waals surface area (Å²) in [5, 5.41) is 0. The number of rotatable bonds is 2. The monoisotopic (exact) mass is 171 g/mol. The molecule has 1 rings (SSSR count). The molecule has 0 aliphatic rings. The van der Waals surface area contributed by atoms with Crippen LogP contribution < -0.4 is 0 Å². The summed E-state index contributed by atoms with van der Waals surface area (Å²) < 4.78 is 24.4. The Morgan fingerprint density at radius 1 is 1.58 bits per heavy atom. The van der Waals surface area contributed by atoms with Crippen molar-refractivity contribution in [1.29, 1.82) is 0 Å². The van der Waals surface area contributed by atoms with Crippen molar-refractivity contribution in [2.75, 3.05) is 0 Å². The van der Waals surface area contributed by atoms with Crippen molar-refractivity contribution in [3.8, 4) is 0 Å². The molecule has 64 valence electrons. The van der Waals surface area contributed by atoms with Gasteiger partial charge in [0, 0.05) is 23.0 Å². The molecule has 0 unspecified atom stereocenters. The molecule has 0 saturated heterocycles. The molecule has 2 nitrogen and oxygen atoms in total. The minimum Gasteiger partial charge on any atom is -0.298 e. The third kappa shape index (κ3) is 1.64. The van der Waals surface area contributed by atoms with Gasteiger partial charge < -0.3 is 0 Å². The molecule has 0 aliphatic heterocycles. The van der Waals surface area contributed by atoms with Crippen LogP contribution in [-0.4, -0.2) is 11.3 Å². The van der Waals surface area contributed by atoms with Crippen LogP contribution in [0.25, 0.3) is 0 Å². The number of carbonyl (C=O) groups excluding carboxylic acids is 1. The number of halogens is 2. The van der Waals surface area contributed by atoms with Crippen LogP contribution in [0.4, 0.5) is 8.78 Å². The molecule has 1 aromatic heterocycles. The van der Waals surface area contributed by atoms with Gasteiger partial charge in [0.2, 0.25) is 0 Å². The maximum Gasteiger partial charge on any atom is 0.265 e. The van der Waals surface area contributed by atoms with Crippen molar-refractivity contribution in [2.45, 2.75) is 13.3 Å². The lowest BCUT2D eigenvalue weighted by Gasteiger charge is -2.02. The van der Waals surface area contributed by atoms with Crippen LogP contribution in [0.5, 0.6) is 0 Å².